The van der Waals surface area contributed by atoms with Gasteiger partial charge in [0, 0.05) is 19.8 Å². The minimum absolute atomic E-state index is 0.547. The third-order valence-electron chi connectivity index (χ3n) is 2.75. The average Bonchev–Trinajstić information content (AvgIpc) is 2.28. The normalized spacial score (nSPS) is 18.7. The van der Waals surface area contributed by atoms with Crippen LogP contribution >= 0.6 is 0 Å². The van der Waals surface area contributed by atoms with Crippen LogP contribution in [0.25, 0.3) is 0 Å². The molecular weight excluding hydrogens is 190 g/mol. The molecule has 0 aromatic carbocycles. The van der Waals surface area contributed by atoms with Gasteiger partial charge in [0.15, 0.2) is 0 Å². The van der Waals surface area contributed by atoms with E-state index < -0.39 is 0 Å². The quantitative estimate of drug-likeness (QED) is 0.653. The summed E-state index contributed by atoms with van der Waals surface area (Å²) in [6.45, 7) is 5.80. The fraction of sp³-hybridized carbons (Fsp3) is 0.833. The van der Waals surface area contributed by atoms with Gasteiger partial charge in [-0.05, 0) is 32.7 Å². The van der Waals surface area contributed by atoms with E-state index in [2.05, 4.69) is 18.3 Å². The third-order valence-corrected chi connectivity index (χ3v) is 2.75. The molecule has 1 heterocycles. The molecule has 1 rings (SSSR count). The lowest BCUT2D eigenvalue weighted by molar-refractivity contribution is 0.153. The van der Waals surface area contributed by atoms with Crippen LogP contribution in [0.5, 0.6) is 0 Å². The molecule has 88 valence electrons. The standard InChI is InChI=1S/C12H23NO2/c1-11(4-8-14-2)13-7-3-12-5-9-15-10-6-12/h5,11,13H,3-4,6-10H2,1-2H3. The van der Waals surface area contributed by atoms with E-state index in [1.54, 1.807) is 7.11 Å². The van der Waals surface area contributed by atoms with Crippen LogP contribution in [0, 0.1) is 0 Å². The van der Waals surface area contributed by atoms with Crippen molar-refractivity contribution in [3.8, 4) is 0 Å². The first-order valence-electron chi connectivity index (χ1n) is 5.81. The first-order valence-corrected chi connectivity index (χ1v) is 5.81. The molecule has 1 atom stereocenters. The maximum absolute atomic E-state index is 5.27. The van der Waals surface area contributed by atoms with Gasteiger partial charge >= 0.3 is 0 Å². The molecule has 0 aromatic heterocycles. The summed E-state index contributed by atoms with van der Waals surface area (Å²) >= 11 is 0. The molecule has 0 saturated carbocycles. The highest BCUT2D eigenvalue weighted by Gasteiger charge is 2.04. The monoisotopic (exact) mass is 213 g/mol. The average molecular weight is 213 g/mol. The second-order valence-corrected chi connectivity index (χ2v) is 4.07. The van der Waals surface area contributed by atoms with Gasteiger partial charge in [-0.2, -0.15) is 0 Å². The molecule has 1 N–H and O–H groups in total. The molecule has 1 aliphatic rings. The molecule has 0 amide bonds. The summed E-state index contributed by atoms with van der Waals surface area (Å²) in [5.74, 6) is 0. The Balaban J connectivity index is 2.02. The molecule has 1 aliphatic heterocycles. The van der Waals surface area contributed by atoms with Crippen molar-refractivity contribution in [3.05, 3.63) is 11.6 Å². The minimum Gasteiger partial charge on any atom is -0.385 e. The van der Waals surface area contributed by atoms with E-state index in [0.717, 1.165) is 45.6 Å². The van der Waals surface area contributed by atoms with Gasteiger partial charge < -0.3 is 14.8 Å². The fourth-order valence-electron chi connectivity index (χ4n) is 1.67. The number of nitrogens with one attached hydrogen (secondary N) is 1. The first kappa shape index (κ1) is 12.7. The van der Waals surface area contributed by atoms with Crippen LogP contribution in [0.15, 0.2) is 11.6 Å². The van der Waals surface area contributed by atoms with Crippen molar-refractivity contribution in [2.45, 2.75) is 32.2 Å². The van der Waals surface area contributed by atoms with E-state index in [9.17, 15) is 0 Å². The molecule has 0 bridgehead atoms. The van der Waals surface area contributed by atoms with E-state index in [0.29, 0.717) is 6.04 Å². The van der Waals surface area contributed by atoms with E-state index in [1.165, 1.54) is 5.57 Å². The molecule has 0 saturated heterocycles. The minimum atomic E-state index is 0.547. The summed E-state index contributed by atoms with van der Waals surface area (Å²) in [7, 11) is 1.75. The Morgan fingerprint density at radius 2 is 2.47 bits per heavy atom. The smallest absolute Gasteiger partial charge is 0.0650 e. The lowest BCUT2D eigenvalue weighted by atomic mass is 10.1. The molecule has 3 nitrogen and oxygen atoms in total. The van der Waals surface area contributed by atoms with Crippen LogP contribution in [-0.4, -0.2) is 39.5 Å². The van der Waals surface area contributed by atoms with Crippen molar-refractivity contribution in [1.29, 1.82) is 0 Å². The van der Waals surface area contributed by atoms with Crippen molar-refractivity contribution < 1.29 is 9.47 Å². The van der Waals surface area contributed by atoms with Crippen LogP contribution < -0.4 is 5.32 Å². The first-order chi connectivity index (χ1) is 7.33. The molecular formula is C12H23NO2. The SMILES string of the molecule is COCCC(C)NCCC1=CCOCC1. The summed E-state index contributed by atoms with van der Waals surface area (Å²) in [6, 6.07) is 0.547. The van der Waals surface area contributed by atoms with Gasteiger partial charge in [-0.1, -0.05) is 11.6 Å². The van der Waals surface area contributed by atoms with Crippen LogP contribution in [-0.2, 0) is 9.47 Å². The Hall–Kier alpha value is -0.380. The molecule has 0 spiro atoms. The van der Waals surface area contributed by atoms with Crippen LogP contribution in [0.3, 0.4) is 0 Å². The van der Waals surface area contributed by atoms with Gasteiger partial charge in [-0.15, -0.1) is 0 Å². The summed E-state index contributed by atoms with van der Waals surface area (Å²) in [4.78, 5) is 0. The van der Waals surface area contributed by atoms with Crippen molar-refractivity contribution >= 4 is 0 Å². The highest BCUT2D eigenvalue weighted by Crippen LogP contribution is 2.10. The Morgan fingerprint density at radius 3 is 3.13 bits per heavy atom. The number of hydrogen-bond acceptors (Lipinski definition) is 3. The molecule has 3 heteroatoms. The summed E-state index contributed by atoms with van der Waals surface area (Å²) in [5.41, 5.74) is 1.53. The van der Waals surface area contributed by atoms with Crippen molar-refractivity contribution in [2.75, 3.05) is 33.5 Å². The van der Waals surface area contributed by atoms with Crippen molar-refractivity contribution in [1.82, 2.24) is 5.32 Å². The Bertz CT molecular complexity index is 192. The Morgan fingerprint density at radius 1 is 1.60 bits per heavy atom. The number of rotatable bonds is 7. The van der Waals surface area contributed by atoms with E-state index in [4.69, 9.17) is 9.47 Å². The van der Waals surface area contributed by atoms with Gasteiger partial charge in [-0.3, -0.25) is 0 Å². The predicted octanol–water partition coefficient (Wildman–Crippen LogP) is 1.74. The molecule has 0 radical (unpaired) electrons. The largest absolute Gasteiger partial charge is 0.385 e. The number of ether oxygens (including phenoxy) is 2. The van der Waals surface area contributed by atoms with E-state index >= 15 is 0 Å². The number of hydrogen-bond donors (Lipinski definition) is 1. The van der Waals surface area contributed by atoms with Gasteiger partial charge in [0.05, 0.1) is 13.2 Å². The maximum atomic E-state index is 5.27. The van der Waals surface area contributed by atoms with Gasteiger partial charge in [0.2, 0.25) is 0 Å². The lowest BCUT2D eigenvalue weighted by Gasteiger charge is -2.16. The second-order valence-electron chi connectivity index (χ2n) is 4.07. The highest BCUT2D eigenvalue weighted by atomic mass is 16.5. The number of methoxy groups -OCH3 is 1. The maximum Gasteiger partial charge on any atom is 0.0650 e. The Labute approximate surface area is 92.8 Å². The van der Waals surface area contributed by atoms with Gasteiger partial charge in [0.25, 0.3) is 0 Å². The van der Waals surface area contributed by atoms with E-state index in [-0.39, 0.29) is 0 Å². The van der Waals surface area contributed by atoms with Crippen molar-refractivity contribution in [2.24, 2.45) is 0 Å². The highest BCUT2D eigenvalue weighted by molar-refractivity contribution is 5.04. The zero-order valence-electron chi connectivity index (χ0n) is 9.92. The summed E-state index contributed by atoms with van der Waals surface area (Å²) in [5, 5.41) is 3.50. The topological polar surface area (TPSA) is 30.5 Å². The molecule has 0 aromatic rings. The van der Waals surface area contributed by atoms with Gasteiger partial charge in [0.1, 0.15) is 0 Å². The fourth-order valence-corrected chi connectivity index (χ4v) is 1.67. The molecule has 1 unspecified atom stereocenters. The third kappa shape index (κ3) is 5.92. The lowest BCUT2D eigenvalue weighted by Crippen LogP contribution is -2.28. The zero-order chi connectivity index (χ0) is 10.9. The predicted molar refractivity (Wildman–Crippen MR) is 62.1 cm³/mol. The van der Waals surface area contributed by atoms with Crippen LogP contribution in [0.4, 0.5) is 0 Å². The van der Waals surface area contributed by atoms with Crippen LogP contribution in [0.2, 0.25) is 0 Å². The Kier molecular flexibility index (Phi) is 6.64. The summed E-state index contributed by atoms with van der Waals surface area (Å²) in [6.07, 6.45) is 5.55. The molecule has 0 aliphatic carbocycles. The van der Waals surface area contributed by atoms with Gasteiger partial charge in [-0.25, -0.2) is 0 Å². The van der Waals surface area contributed by atoms with Crippen LogP contribution in [0.1, 0.15) is 26.2 Å². The molecule has 15 heavy (non-hydrogen) atoms. The zero-order valence-corrected chi connectivity index (χ0v) is 9.92. The summed E-state index contributed by atoms with van der Waals surface area (Å²) < 4.78 is 10.3. The second kappa shape index (κ2) is 7.85. The van der Waals surface area contributed by atoms with Crippen molar-refractivity contribution in [3.63, 3.8) is 0 Å². The molecule has 0 fully saturated rings. The van der Waals surface area contributed by atoms with E-state index in [1.807, 2.05) is 0 Å².